The van der Waals surface area contributed by atoms with Crippen LogP contribution in [0.15, 0.2) is 24.3 Å². The molecule has 1 rings (SSSR count). The SMILES string of the molecule is CCNC(=O)[C@@H](C)NC(=S)Nc1ccc(CC)cc1. The van der Waals surface area contributed by atoms with E-state index in [2.05, 4.69) is 35.0 Å². The van der Waals surface area contributed by atoms with Crippen LogP contribution in [0, 0.1) is 0 Å². The summed E-state index contributed by atoms with van der Waals surface area (Å²) in [7, 11) is 0. The van der Waals surface area contributed by atoms with Crippen LogP contribution in [0.4, 0.5) is 5.69 Å². The Morgan fingerprint density at radius 3 is 2.42 bits per heavy atom. The van der Waals surface area contributed by atoms with E-state index in [-0.39, 0.29) is 11.9 Å². The van der Waals surface area contributed by atoms with Crippen LogP contribution >= 0.6 is 12.2 Å². The zero-order chi connectivity index (χ0) is 14.3. The van der Waals surface area contributed by atoms with Crippen LogP contribution in [0.1, 0.15) is 26.3 Å². The Morgan fingerprint density at radius 2 is 1.89 bits per heavy atom. The van der Waals surface area contributed by atoms with Crippen LogP contribution in [0.3, 0.4) is 0 Å². The molecular weight excluding hydrogens is 258 g/mol. The molecule has 0 unspecified atom stereocenters. The smallest absolute Gasteiger partial charge is 0.242 e. The van der Waals surface area contributed by atoms with Crippen molar-refractivity contribution in [2.45, 2.75) is 33.2 Å². The first-order valence-electron chi connectivity index (χ1n) is 6.51. The van der Waals surface area contributed by atoms with Gasteiger partial charge in [-0.25, -0.2) is 0 Å². The van der Waals surface area contributed by atoms with Gasteiger partial charge in [0.2, 0.25) is 5.91 Å². The van der Waals surface area contributed by atoms with Gasteiger partial charge in [-0.05, 0) is 50.2 Å². The fourth-order valence-electron chi connectivity index (χ4n) is 1.58. The van der Waals surface area contributed by atoms with E-state index in [4.69, 9.17) is 12.2 Å². The Bertz CT molecular complexity index is 431. The van der Waals surface area contributed by atoms with Gasteiger partial charge in [-0.2, -0.15) is 0 Å². The number of benzene rings is 1. The van der Waals surface area contributed by atoms with Gasteiger partial charge in [-0.15, -0.1) is 0 Å². The highest BCUT2D eigenvalue weighted by molar-refractivity contribution is 7.80. The first-order chi connectivity index (χ1) is 9.06. The van der Waals surface area contributed by atoms with E-state index in [0.29, 0.717) is 11.7 Å². The topological polar surface area (TPSA) is 53.2 Å². The molecule has 0 aliphatic rings. The van der Waals surface area contributed by atoms with Gasteiger partial charge in [-0.3, -0.25) is 4.79 Å². The normalized spacial score (nSPS) is 11.5. The summed E-state index contributed by atoms with van der Waals surface area (Å²) in [5, 5.41) is 9.20. The minimum atomic E-state index is -0.352. The molecule has 0 aliphatic heterocycles. The number of carbonyl (C=O) groups excluding carboxylic acids is 1. The number of amides is 1. The average Bonchev–Trinajstić information content (AvgIpc) is 2.39. The van der Waals surface area contributed by atoms with Gasteiger partial charge in [0.1, 0.15) is 6.04 Å². The molecule has 1 aromatic carbocycles. The van der Waals surface area contributed by atoms with Crippen molar-refractivity contribution in [1.82, 2.24) is 10.6 Å². The molecule has 3 N–H and O–H groups in total. The van der Waals surface area contributed by atoms with Crippen LogP contribution in [0.25, 0.3) is 0 Å². The van der Waals surface area contributed by atoms with Crippen LogP contribution in [-0.4, -0.2) is 23.6 Å². The van der Waals surface area contributed by atoms with Crippen molar-refractivity contribution in [3.8, 4) is 0 Å². The van der Waals surface area contributed by atoms with E-state index in [0.717, 1.165) is 12.1 Å². The largest absolute Gasteiger partial charge is 0.355 e. The molecule has 0 heterocycles. The Kier molecular flexibility index (Phi) is 6.29. The fraction of sp³-hybridized carbons (Fsp3) is 0.429. The Hall–Kier alpha value is -1.62. The van der Waals surface area contributed by atoms with Crippen molar-refractivity contribution in [2.24, 2.45) is 0 Å². The second kappa shape index (κ2) is 7.74. The van der Waals surface area contributed by atoms with Crippen LogP contribution in [0.2, 0.25) is 0 Å². The van der Waals surface area contributed by atoms with Gasteiger partial charge in [0, 0.05) is 12.2 Å². The van der Waals surface area contributed by atoms with E-state index in [9.17, 15) is 4.79 Å². The minimum absolute atomic E-state index is 0.0621. The summed E-state index contributed by atoms with van der Waals surface area (Å²) >= 11 is 5.17. The fourth-order valence-corrected chi connectivity index (χ4v) is 1.88. The number of hydrogen-bond donors (Lipinski definition) is 3. The first kappa shape index (κ1) is 15.4. The molecule has 5 heteroatoms. The van der Waals surface area contributed by atoms with Crippen LogP contribution < -0.4 is 16.0 Å². The summed E-state index contributed by atoms with van der Waals surface area (Å²) < 4.78 is 0. The molecule has 104 valence electrons. The van der Waals surface area contributed by atoms with Crippen LogP contribution in [0.5, 0.6) is 0 Å². The van der Waals surface area contributed by atoms with Gasteiger partial charge in [-0.1, -0.05) is 19.1 Å². The summed E-state index contributed by atoms with van der Waals surface area (Å²) in [5.41, 5.74) is 2.19. The summed E-state index contributed by atoms with van der Waals surface area (Å²) in [6, 6.07) is 7.71. The van der Waals surface area contributed by atoms with Crippen molar-refractivity contribution >= 4 is 28.9 Å². The molecule has 0 bridgehead atoms. The summed E-state index contributed by atoms with van der Waals surface area (Å²) in [6.45, 7) is 6.39. The lowest BCUT2D eigenvalue weighted by molar-refractivity contribution is -0.122. The zero-order valence-corrected chi connectivity index (χ0v) is 12.4. The molecule has 19 heavy (non-hydrogen) atoms. The maximum absolute atomic E-state index is 11.6. The Labute approximate surface area is 120 Å². The predicted molar refractivity (Wildman–Crippen MR) is 83.3 cm³/mol. The highest BCUT2D eigenvalue weighted by Gasteiger charge is 2.12. The van der Waals surface area contributed by atoms with E-state index in [1.54, 1.807) is 6.92 Å². The number of likely N-dealkylation sites (N-methyl/N-ethyl adjacent to an activating group) is 1. The van der Waals surface area contributed by atoms with E-state index in [1.165, 1.54) is 5.56 Å². The number of hydrogen-bond acceptors (Lipinski definition) is 2. The monoisotopic (exact) mass is 279 g/mol. The maximum Gasteiger partial charge on any atom is 0.242 e. The number of aryl methyl sites for hydroxylation is 1. The number of carbonyl (C=O) groups is 1. The second-order valence-corrected chi connectivity index (χ2v) is 4.67. The molecule has 4 nitrogen and oxygen atoms in total. The van der Waals surface area contributed by atoms with E-state index >= 15 is 0 Å². The molecule has 0 aromatic heterocycles. The van der Waals surface area contributed by atoms with Crippen LogP contribution in [-0.2, 0) is 11.2 Å². The molecule has 0 saturated heterocycles. The third-order valence-corrected chi connectivity index (χ3v) is 2.93. The van der Waals surface area contributed by atoms with Gasteiger partial charge in [0.15, 0.2) is 5.11 Å². The van der Waals surface area contributed by atoms with E-state index < -0.39 is 0 Å². The van der Waals surface area contributed by atoms with Gasteiger partial charge in [0.05, 0.1) is 0 Å². The molecule has 1 aromatic rings. The van der Waals surface area contributed by atoms with Crippen molar-refractivity contribution in [3.05, 3.63) is 29.8 Å². The lowest BCUT2D eigenvalue weighted by Crippen LogP contribution is -2.46. The molecule has 0 fully saturated rings. The van der Waals surface area contributed by atoms with Gasteiger partial charge < -0.3 is 16.0 Å². The lowest BCUT2D eigenvalue weighted by atomic mass is 10.1. The van der Waals surface area contributed by atoms with Crippen molar-refractivity contribution in [2.75, 3.05) is 11.9 Å². The average molecular weight is 279 g/mol. The number of thiocarbonyl (C=S) groups is 1. The molecule has 0 saturated carbocycles. The van der Waals surface area contributed by atoms with Crippen molar-refractivity contribution in [1.29, 1.82) is 0 Å². The number of anilines is 1. The molecule has 0 aliphatic carbocycles. The highest BCUT2D eigenvalue weighted by atomic mass is 32.1. The molecule has 0 radical (unpaired) electrons. The Morgan fingerprint density at radius 1 is 1.26 bits per heavy atom. The highest BCUT2D eigenvalue weighted by Crippen LogP contribution is 2.09. The first-order valence-corrected chi connectivity index (χ1v) is 6.91. The molecule has 1 atom stereocenters. The standard InChI is InChI=1S/C14H21N3OS/c1-4-11-6-8-12(9-7-11)17-14(19)16-10(3)13(18)15-5-2/h6-10H,4-5H2,1-3H3,(H,15,18)(H2,16,17,19)/t10-/m1/s1. The van der Waals surface area contributed by atoms with E-state index in [1.807, 2.05) is 19.1 Å². The number of nitrogens with one attached hydrogen (secondary N) is 3. The Balaban J connectivity index is 2.48. The third kappa shape index (κ3) is 5.26. The summed E-state index contributed by atoms with van der Waals surface area (Å²) in [5.74, 6) is -0.0621. The van der Waals surface area contributed by atoms with Gasteiger partial charge >= 0.3 is 0 Å². The molecule has 1 amide bonds. The number of rotatable bonds is 5. The second-order valence-electron chi connectivity index (χ2n) is 4.27. The lowest BCUT2D eigenvalue weighted by Gasteiger charge is -2.16. The van der Waals surface area contributed by atoms with Gasteiger partial charge in [0.25, 0.3) is 0 Å². The van der Waals surface area contributed by atoms with Crippen molar-refractivity contribution < 1.29 is 4.79 Å². The predicted octanol–water partition coefficient (Wildman–Crippen LogP) is 2.06. The zero-order valence-electron chi connectivity index (χ0n) is 11.6. The quantitative estimate of drug-likeness (QED) is 0.722. The third-order valence-electron chi connectivity index (χ3n) is 2.71. The molecular formula is C14H21N3OS. The molecule has 0 spiro atoms. The maximum atomic E-state index is 11.6. The van der Waals surface area contributed by atoms with Crippen molar-refractivity contribution in [3.63, 3.8) is 0 Å². The minimum Gasteiger partial charge on any atom is -0.355 e. The summed E-state index contributed by atoms with van der Waals surface area (Å²) in [6.07, 6.45) is 1.01. The summed E-state index contributed by atoms with van der Waals surface area (Å²) in [4.78, 5) is 11.6.